The number of rotatable bonds is 7. The van der Waals surface area contributed by atoms with Crippen molar-refractivity contribution in [1.29, 1.82) is 0 Å². The van der Waals surface area contributed by atoms with Gasteiger partial charge in [-0.2, -0.15) is 0 Å². The lowest BCUT2D eigenvalue weighted by atomic mass is 10.0. The van der Waals surface area contributed by atoms with Crippen LogP contribution in [0.3, 0.4) is 0 Å². The van der Waals surface area contributed by atoms with Crippen molar-refractivity contribution in [1.82, 2.24) is 14.5 Å². The first-order valence-electron chi connectivity index (χ1n) is 21.0. The van der Waals surface area contributed by atoms with Crippen LogP contribution in [0.5, 0.6) is 0 Å². The number of nitrogens with zero attached hydrogens (tertiary/aromatic N) is 3. The van der Waals surface area contributed by atoms with Crippen LogP contribution in [0, 0.1) is 0 Å². The van der Waals surface area contributed by atoms with E-state index in [1.807, 2.05) is 24.3 Å². The largest absolute Gasteiger partial charge is 0.456 e. The predicted molar refractivity (Wildman–Crippen MR) is 256 cm³/mol. The lowest BCUT2D eigenvalue weighted by Gasteiger charge is -2.11. The smallest absolute Gasteiger partial charge is 0.161 e. The highest BCUT2D eigenvalue weighted by Crippen LogP contribution is 2.41. The number of hydrogen-bond acceptors (Lipinski definition) is 3. The molecule has 12 rings (SSSR count). The minimum Gasteiger partial charge on any atom is -0.456 e. The molecule has 12 aromatic rings. The fourth-order valence-electron chi connectivity index (χ4n) is 9.00. The normalized spacial score (nSPS) is 11.5. The summed E-state index contributed by atoms with van der Waals surface area (Å²) in [5, 5.41) is 4.41. The Morgan fingerprint density at radius 2 is 0.790 bits per heavy atom. The van der Waals surface area contributed by atoms with Crippen LogP contribution in [0.1, 0.15) is 0 Å². The number of furan rings is 1. The van der Waals surface area contributed by atoms with E-state index < -0.39 is 0 Å². The molecule has 0 radical (unpaired) electrons. The second-order valence-corrected chi connectivity index (χ2v) is 15.8. The average molecular weight is 792 g/mol. The third-order valence-corrected chi connectivity index (χ3v) is 12.0. The Hall–Kier alpha value is -8.34. The van der Waals surface area contributed by atoms with Crippen molar-refractivity contribution >= 4 is 43.7 Å². The molecule has 0 spiro atoms. The molecule has 4 nitrogen and oxygen atoms in total. The number of fused-ring (bicyclic) bond motifs is 6. The zero-order valence-corrected chi connectivity index (χ0v) is 33.6. The van der Waals surface area contributed by atoms with E-state index in [1.54, 1.807) is 0 Å². The average Bonchev–Trinajstić information content (AvgIpc) is 3.89. The van der Waals surface area contributed by atoms with Gasteiger partial charge in [0.2, 0.25) is 0 Å². The summed E-state index contributed by atoms with van der Waals surface area (Å²) in [7, 11) is 0. The second-order valence-electron chi connectivity index (χ2n) is 15.8. The fraction of sp³-hybridized carbons (Fsp3) is 0. The van der Waals surface area contributed by atoms with Crippen molar-refractivity contribution in [2.24, 2.45) is 0 Å². The standard InChI is InChI=1S/C58H37N3O/c1-5-14-38(15-6-1)41-24-26-43(27-25-41)52-37-51(42-20-11-4-12-21-42)59-58(60-52)48-22-13-23-55-57(48)47-31-30-46(36-56(47)62-55)61-53-32-28-44(39-16-7-2-8-17-39)34-49(53)50-35-45(29-33-54(50)61)40-18-9-3-10-19-40/h1-37H. The molecule has 0 aliphatic carbocycles. The van der Waals surface area contributed by atoms with Crippen LogP contribution in [0.2, 0.25) is 0 Å². The van der Waals surface area contributed by atoms with E-state index in [1.165, 1.54) is 38.6 Å². The van der Waals surface area contributed by atoms with Crippen molar-refractivity contribution in [2.45, 2.75) is 0 Å². The monoisotopic (exact) mass is 791 g/mol. The van der Waals surface area contributed by atoms with E-state index in [2.05, 4.69) is 205 Å². The van der Waals surface area contributed by atoms with Crippen molar-refractivity contribution in [3.8, 4) is 73.0 Å². The summed E-state index contributed by atoms with van der Waals surface area (Å²) in [5.74, 6) is 0.650. The lowest BCUT2D eigenvalue weighted by molar-refractivity contribution is 0.668. The van der Waals surface area contributed by atoms with Gasteiger partial charge in [0.1, 0.15) is 11.2 Å². The Bertz CT molecular complexity index is 3500. The molecule has 3 aromatic heterocycles. The van der Waals surface area contributed by atoms with Gasteiger partial charge in [0, 0.05) is 50.0 Å². The third kappa shape index (κ3) is 6.16. The van der Waals surface area contributed by atoms with E-state index >= 15 is 0 Å². The molecule has 0 N–H and O–H groups in total. The molecule has 62 heavy (non-hydrogen) atoms. The van der Waals surface area contributed by atoms with Gasteiger partial charge in [0.25, 0.3) is 0 Å². The van der Waals surface area contributed by atoms with Crippen LogP contribution >= 0.6 is 0 Å². The molecule has 290 valence electrons. The highest BCUT2D eigenvalue weighted by Gasteiger charge is 2.20. The van der Waals surface area contributed by atoms with E-state index in [0.717, 1.165) is 72.3 Å². The summed E-state index contributed by atoms with van der Waals surface area (Å²) in [5.41, 5.74) is 16.7. The summed E-state index contributed by atoms with van der Waals surface area (Å²) in [6.07, 6.45) is 0. The van der Waals surface area contributed by atoms with Gasteiger partial charge in [0.15, 0.2) is 5.82 Å². The van der Waals surface area contributed by atoms with Gasteiger partial charge in [-0.05, 0) is 81.9 Å². The Morgan fingerprint density at radius 1 is 0.323 bits per heavy atom. The number of hydrogen-bond donors (Lipinski definition) is 0. The third-order valence-electron chi connectivity index (χ3n) is 12.0. The van der Waals surface area contributed by atoms with E-state index in [4.69, 9.17) is 14.4 Å². The molecule has 0 saturated heterocycles. The molecule has 0 atom stereocenters. The molecular weight excluding hydrogens is 755 g/mol. The van der Waals surface area contributed by atoms with Gasteiger partial charge in [-0.1, -0.05) is 170 Å². The van der Waals surface area contributed by atoms with Crippen molar-refractivity contribution < 1.29 is 4.42 Å². The molecule has 3 heterocycles. The van der Waals surface area contributed by atoms with Crippen LogP contribution in [0.15, 0.2) is 229 Å². The first kappa shape index (κ1) is 35.6. The summed E-state index contributed by atoms with van der Waals surface area (Å²) >= 11 is 0. The highest BCUT2D eigenvalue weighted by molar-refractivity contribution is 6.14. The predicted octanol–water partition coefficient (Wildman–Crippen LogP) is 15.5. The molecule has 0 amide bonds. The Labute approximate surface area is 358 Å². The minimum atomic E-state index is 0.650. The molecular formula is C58H37N3O. The molecule has 4 heteroatoms. The molecule has 0 fully saturated rings. The van der Waals surface area contributed by atoms with Crippen LogP contribution in [-0.4, -0.2) is 14.5 Å². The van der Waals surface area contributed by atoms with E-state index in [0.29, 0.717) is 5.82 Å². The number of aromatic nitrogens is 3. The fourth-order valence-corrected chi connectivity index (χ4v) is 9.00. The zero-order chi connectivity index (χ0) is 41.0. The van der Waals surface area contributed by atoms with Crippen LogP contribution in [0.4, 0.5) is 0 Å². The van der Waals surface area contributed by atoms with Crippen LogP contribution < -0.4 is 0 Å². The first-order valence-corrected chi connectivity index (χ1v) is 21.0. The summed E-state index contributed by atoms with van der Waals surface area (Å²) < 4.78 is 9.11. The lowest BCUT2D eigenvalue weighted by Crippen LogP contribution is -1.96. The maximum Gasteiger partial charge on any atom is 0.161 e. The van der Waals surface area contributed by atoms with E-state index in [-0.39, 0.29) is 0 Å². The zero-order valence-electron chi connectivity index (χ0n) is 33.6. The highest BCUT2D eigenvalue weighted by atomic mass is 16.3. The summed E-state index contributed by atoms with van der Waals surface area (Å²) in [6, 6.07) is 79.1. The molecule has 0 unspecified atom stereocenters. The topological polar surface area (TPSA) is 43.9 Å². The van der Waals surface area contributed by atoms with Gasteiger partial charge < -0.3 is 8.98 Å². The first-order chi connectivity index (χ1) is 30.7. The molecule has 0 aliphatic heterocycles. The number of benzene rings is 9. The SMILES string of the molecule is c1ccc(-c2ccc(-c3cc(-c4ccccc4)nc(-c4cccc5oc6cc(-n7c8ccc(-c9ccccc9)cc8c8cc(-c9ccccc9)ccc87)ccc6c45)n3)cc2)cc1. The van der Waals surface area contributed by atoms with Crippen molar-refractivity contribution in [3.63, 3.8) is 0 Å². The quantitative estimate of drug-likeness (QED) is 0.161. The molecule has 0 aliphatic rings. The van der Waals surface area contributed by atoms with Gasteiger partial charge >= 0.3 is 0 Å². The van der Waals surface area contributed by atoms with Gasteiger partial charge in [-0.15, -0.1) is 0 Å². The van der Waals surface area contributed by atoms with Crippen LogP contribution in [-0.2, 0) is 0 Å². The summed E-state index contributed by atoms with van der Waals surface area (Å²) in [4.78, 5) is 10.5. The van der Waals surface area contributed by atoms with Gasteiger partial charge in [-0.3, -0.25) is 0 Å². The molecule has 0 saturated carbocycles. The van der Waals surface area contributed by atoms with Crippen molar-refractivity contribution in [3.05, 3.63) is 224 Å². The van der Waals surface area contributed by atoms with Gasteiger partial charge in [0.05, 0.1) is 22.4 Å². The molecule has 9 aromatic carbocycles. The van der Waals surface area contributed by atoms with Crippen molar-refractivity contribution in [2.75, 3.05) is 0 Å². The van der Waals surface area contributed by atoms with E-state index in [9.17, 15) is 0 Å². The Balaban J connectivity index is 1.01. The maximum atomic E-state index is 6.75. The maximum absolute atomic E-state index is 6.75. The Kier molecular flexibility index (Phi) is 8.46. The minimum absolute atomic E-state index is 0.650. The molecule has 0 bridgehead atoms. The van der Waals surface area contributed by atoms with Gasteiger partial charge in [-0.25, -0.2) is 9.97 Å². The second kappa shape index (κ2) is 14.7. The summed E-state index contributed by atoms with van der Waals surface area (Å²) in [6.45, 7) is 0. The van der Waals surface area contributed by atoms with Crippen LogP contribution in [0.25, 0.3) is 117 Å². The Morgan fingerprint density at radius 3 is 1.35 bits per heavy atom.